The van der Waals surface area contributed by atoms with Gasteiger partial charge in [0, 0.05) is 29.0 Å². The van der Waals surface area contributed by atoms with Gasteiger partial charge in [-0.25, -0.2) is 0 Å². The van der Waals surface area contributed by atoms with Gasteiger partial charge >= 0.3 is 0 Å². The van der Waals surface area contributed by atoms with Gasteiger partial charge in [-0.1, -0.05) is 6.92 Å². The number of aromatic nitrogens is 2. The van der Waals surface area contributed by atoms with Crippen LogP contribution in [0.3, 0.4) is 0 Å². The molecular weight excluding hydrogens is 226 g/mol. The molecule has 0 spiro atoms. The summed E-state index contributed by atoms with van der Waals surface area (Å²) in [7, 11) is 0. The Labute approximate surface area is 97.4 Å². The van der Waals surface area contributed by atoms with Gasteiger partial charge in [-0.15, -0.1) is 0 Å². The summed E-state index contributed by atoms with van der Waals surface area (Å²) < 4.78 is 4.35. The van der Waals surface area contributed by atoms with Crippen molar-refractivity contribution in [1.29, 1.82) is 0 Å². The molecular formula is C10H13N3S2. The van der Waals surface area contributed by atoms with Gasteiger partial charge in [-0.05, 0) is 24.3 Å². The Kier molecular flexibility index (Phi) is 3.33. The van der Waals surface area contributed by atoms with Crippen molar-refractivity contribution in [1.82, 2.24) is 9.36 Å². The Bertz CT molecular complexity index is 433. The minimum atomic E-state index is 0.845. The largest absolute Gasteiger partial charge is 0.360 e. The second kappa shape index (κ2) is 4.72. The molecule has 15 heavy (non-hydrogen) atoms. The number of thiophene rings is 1. The van der Waals surface area contributed by atoms with Crippen LogP contribution in [-0.4, -0.2) is 15.9 Å². The third-order valence-corrected chi connectivity index (χ3v) is 3.58. The molecule has 1 N–H and O–H groups in total. The lowest BCUT2D eigenvalue weighted by Crippen LogP contribution is -1.98. The predicted octanol–water partition coefficient (Wildman–Crippen LogP) is 3.40. The van der Waals surface area contributed by atoms with Gasteiger partial charge in [0.1, 0.15) is 0 Å². The highest BCUT2D eigenvalue weighted by Crippen LogP contribution is 2.26. The van der Waals surface area contributed by atoms with Crippen LogP contribution in [0.5, 0.6) is 0 Å². The minimum absolute atomic E-state index is 0.845. The maximum atomic E-state index is 4.45. The van der Waals surface area contributed by atoms with Crippen LogP contribution in [-0.2, 0) is 0 Å². The van der Waals surface area contributed by atoms with E-state index in [1.165, 1.54) is 17.1 Å². The van der Waals surface area contributed by atoms with Crippen LogP contribution in [0.25, 0.3) is 11.4 Å². The number of anilines is 1. The third kappa shape index (κ3) is 2.35. The minimum Gasteiger partial charge on any atom is -0.360 e. The summed E-state index contributed by atoms with van der Waals surface area (Å²) in [4.78, 5) is 4.45. The van der Waals surface area contributed by atoms with Crippen molar-refractivity contribution in [3.8, 4) is 11.4 Å². The fourth-order valence-corrected chi connectivity index (χ4v) is 2.66. The normalized spacial score (nSPS) is 10.5. The van der Waals surface area contributed by atoms with E-state index in [2.05, 4.69) is 39.3 Å². The zero-order valence-corrected chi connectivity index (χ0v) is 10.4. The van der Waals surface area contributed by atoms with E-state index in [-0.39, 0.29) is 0 Å². The molecule has 0 aliphatic carbocycles. The third-order valence-electron chi connectivity index (χ3n) is 2.05. The highest BCUT2D eigenvalue weighted by atomic mass is 32.1. The van der Waals surface area contributed by atoms with E-state index in [0.29, 0.717) is 0 Å². The molecule has 0 aromatic carbocycles. The zero-order chi connectivity index (χ0) is 10.7. The van der Waals surface area contributed by atoms with E-state index in [4.69, 9.17) is 0 Å². The lowest BCUT2D eigenvalue weighted by atomic mass is 10.2. The van der Waals surface area contributed by atoms with Crippen molar-refractivity contribution in [3.63, 3.8) is 0 Å². The van der Waals surface area contributed by atoms with Crippen molar-refractivity contribution in [2.24, 2.45) is 0 Å². The molecule has 0 unspecified atom stereocenters. The molecule has 0 radical (unpaired) electrons. The van der Waals surface area contributed by atoms with Crippen molar-refractivity contribution >= 4 is 28.0 Å². The van der Waals surface area contributed by atoms with Crippen molar-refractivity contribution in [2.45, 2.75) is 20.3 Å². The summed E-state index contributed by atoms with van der Waals surface area (Å²) in [6.45, 7) is 5.18. The maximum Gasteiger partial charge on any atom is 0.202 e. The Balaban J connectivity index is 2.17. The van der Waals surface area contributed by atoms with E-state index in [9.17, 15) is 0 Å². The van der Waals surface area contributed by atoms with Crippen LogP contribution in [0.1, 0.15) is 18.9 Å². The van der Waals surface area contributed by atoms with Crippen LogP contribution in [0.15, 0.2) is 10.8 Å². The monoisotopic (exact) mass is 239 g/mol. The molecule has 0 atom stereocenters. The Morgan fingerprint density at radius 1 is 1.40 bits per heavy atom. The van der Waals surface area contributed by atoms with E-state index >= 15 is 0 Å². The number of aryl methyl sites for hydroxylation is 1. The lowest BCUT2D eigenvalue weighted by molar-refractivity contribution is 0.976. The van der Waals surface area contributed by atoms with Gasteiger partial charge in [0.15, 0.2) is 5.82 Å². The second-order valence-corrected chi connectivity index (χ2v) is 4.81. The molecule has 0 amide bonds. The van der Waals surface area contributed by atoms with Gasteiger partial charge in [-0.3, -0.25) is 0 Å². The predicted molar refractivity (Wildman–Crippen MR) is 66.7 cm³/mol. The first-order valence-electron chi connectivity index (χ1n) is 4.92. The average molecular weight is 239 g/mol. The molecule has 0 aliphatic rings. The SMILES string of the molecule is CCCNc1nc(-c2cscc2C)ns1. The van der Waals surface area contributed by atoms with E-state index in [0.717, 1.165) is 29.5 Å². The van der Waals surface area contributed by atoms with Gasteiger partial charge in [0.25, 0.3) is 0 Å². The Hall–Kier alpha value is -0.940. The zero-order valence-electron chi connectivity index (χ0n) is 8.78. The summed E-state index contributed by atoms with van der Waals surface area (Å²) in [6, 6.07) is 0. The van der Waals surface area contributed by atoms with Gasteiger partial charge in [0.05, 0.1) is 0 Å². The molecule has 2 heterocycles. The Morgan fingerprint density at radius 2 is 2.27 bits per heavy atom. The van der Waals surface area contributed by atoms with Crippen LogP contribution >= 0.6 is 22.9 Å². The van der Waals surface area contributed by atoms with E-state index < -0.39 is 0 Å². The molecule has 2 rings (SSSR count). The summed E-state index contributed by atoms with van der Waals surface area (Å²) in [5.41, 5.74) is 2.40. The first kappa shape index (κ1) is 10.6. The van der Waals surface area contributed by atoms with Crippen LogP contribution in [0.2, 0.25) is 0 Å². The lowest BCUT2D eigenvalue weighted by Gasteiger charge is -1.96. The van der Waals surface area contributed by atoms with Crippen molar-refractivity contribution < 1.29 is 0 Å². The Morgan fingerprint density at radius 3 is 2.93 bits per heavy atom. The van der Waals surface area contributed by atoms with E-state index in [1.807, 2.05) is 0 Å². The van der Waals surface area contributed by atoms with Crippen LogP contribution in [0.4, 0.5) is 5.13 Å². The molecule has 80 valence electrons. The maximum absolute atomic E-state index is 4.45. The summed E-state index contributed by atoms with van der Waals surface area (Å²) in [5.74, 6) is 0.845. The highest BCUT2D eigenvalue weighted by Gasteiger charge is 2.08. The number of nitrogens with zero attached hydrogens (tertiary/aromatic N) is 2. The highest BCUT2D eigenvalue weighted by molar-refractivity contribution is 7.10. The summed E-state index contributed by atoms with van der Waals surface area (Å²) in [6.07, 6.45) is 1.10. The van der Waals surface area contributed by atoms with Crippen molar-refractivity contribution in [3.05, 3.63) is 16.3 Å². The smallest absolute Gasteiger partial charge is 0.202 e. The first-order valence-corrected chi connectivity index (χ1v) is 6.63. The number of nitrogens with one attached hydrogen (secondary N) is 1. The summed E-state index contributed by atoms with van der Waals surface area (Å²) in [5, 5.41) is 8.38. The van der Waals surface area contributed by atoms with Crippen molar-refractivity contribution in [2.75, 3.05) is 11.9 Å². The molecule has 0 aliphatic heterocycles. The number of hydrogen-bond acceptors (Lipinski definition) is 5. The number of rotatable bonds is 4. The van der Waals surface area contributed by atoms with Gasteiger partial charge in [0.2, 0.25) is 5.13 Å². The molecule has 5 heteroatoms. The standard InChI is InChI=1S/C10H13N3S2/c1-3-4-11-10-12-9(13-15-10)8-6-14-5-7(8)2/h5-6H,3-4H2,1-2H3,(H,11,12,13). The molecule has 0 saturated heterocycles. The van der Waals surface area contributed by atoms with Gasteiger partial charge in [-0.2, -0.15) is 20.7 Å². The fraction of sp³-hybridized carbons (Fsp3) is 0.400. The van der Waals surface area contributed by atoms with Gasteiger partial charge < -0.3 is 5.32 Å². The average Bonchev–Trinajstić information content (AvgIpc) is 2.83. The quantitative estimate of drug-likeness (QED) is 0.888. The number of hydrogen-bond donors (Lipinski definition) is 1. The molecule has 3 nitrogen and oxygen atoms in total. The first-order chi connectivity index (χ1) is 7.31. The molecule has 2 aromatic heterocycles. The topological polar surface area (TPSA) is 37.8 Å². The van der Waals surface area contributed by atoms with Crippen LogP contribution in [0, 0.1) is 6.92 Å². The van der Waals surface area contributed by atoms with Crippen LogP contribution < -0.4 is 5.32 Å². The summed E-state index contributed by atoms with van der Waals surface area (Å²) >= 11 is 3.12. The molecule has 2 aromatic rings. The second-order valence-electron chi connectivity index (χ2n) is 3.32. The molecule has 0 fully saturated rings. The van der Waals surface area contributed by atoms with E-state index in [1.54, 1.807) is 11.3 Å². The fourth-order valence-electron chi connectivity index (χ4n) is 1.23. The molecule has 0 bridgehead atoms. The molecule has 0 saturated carbocycles.